The number of anilines is 1. The van der Waals surface area contributed by atoms with Crippen molar-refractivity contribution in [3.05, 3.63) is 59.2 Å². The largest absolute Gasteiger partial charge is 0.508 e. The van der Waals surface area contributed by atoms with E-state index in [4.69, 9.17) is 0 Å². The molecule has 1 saturated heterocycles. The molecule has 1 fully saturated rings. The van der Waals surface area contributed by atoms with Gasteiger partial charge in [-0.25, -0.2) is 9.69 Å². The molecule has 0 aromatic heterocycles. The van der Waals surface area contributed by atoms with Gasteiger partial charge in [-0.15, -0.1) is 0 Å². The Kier molecular flexibility index (Phi) is 3.98. The zero-order valence-electron chi connectivity index (χ0n) is 13.2. The number of urea groups is 1. The average Bonchev–Trinajstić information content (AvgIpc) is 2.55. The third-order valence-electron chi connectivity index (χ3n) is 3.71. The molecule has 0 bridgehead atoms. The molecule has 0 spiro atoms. The van der Waals surface area contributed by atoms with E-state index >= 15 is 0 Å². The van der Waals surface area contributed by atoms with Crippen molar-refractivity contribution in [2.45, 2.75) is 6.92 Å². The summed E-state index contributed by atoms with van der Waals surface area (Å²) in [6, 6.07) is 9.57. The molecule has 3 N–H and O–H groups in total. The van der Waals surface area contributed by atoms with E-state index < -0.39 is 17.8 Å². The maximum absolute atomic E-state index is 12.7. The molecule has 3 rings (SSSR count). The molecule has 126 valence electrons. The number of phenols is 2. The van der Waals surface area contributed by atoms with Gasteiger partial charge in [-0.1, -0.05) is 17.7 Å². The second kappa shape index (κ2) is 6.12. The minimum absolute atomic E-state index is 0.157. The van der Waals surface area contributed by atoms with Crippen molar-refractivity contribution in [1.29, 1.82) is 0 Å². The van der Waals surface area contributed by atoms with Gasteiger partial charge in [0.1, 0.15) is 17.1 Å². The quantitative estimate of drug-likeness (QED) is 0.574. The number of carbonyl (C=O) groups excluding carboxylic acids is 3. The number of amides is 4. The van der Waals surface area contributed by atoms with Gasteiger partial charge in [-0.05, 0) is 37.3 Å². The number of aryl methyl sites for hydroxylation is 1. The molecule has 0 aliphatic carbocycles. The monoisotopic (exact) mass is 338 g/mol. The second-order valence-corrected chi connectivity index (χ2v) is 5.54. The molecule has 2 aromatic rings. The highest BCUT2D eigenvalue weighted by atomic mass is 16.3. The zero-order chi connectivity index (χ0) is 18.1. The van der Waals surface area contributed by atoms with Gasteiger partial charge in [0.05, 0.1) is 5.69 Å². The predicted molar refractivity (Wildman–Crippen MR) is 90.0 cm³/mol. The van der Waals surface area contributed by atoms with Crippen LogP contribution in [0.3, 0.4) is 0 Å². The highest BCUT2D eigenvalue weighted by molar-refractivity contribution is 6.39. The van der Waals surface area contributed by atoms with Gasteiger partial charge < -0.3 is 10.2 Å². The lowest BCUT2D eigenvalue weighted by Gasteiger charge is -2.26. The topological polar surface area (TPSA) is 107 Å². The lowest BCUT2D eigenvalue weighted by Crippen LogP contribution is -2.54. The summed E-state index contributed by atoms with van der Waals surface area (Å²) in [6.45, 7) is 1.87. The third kappa shape index (κ3) is 3.07. The lowest BCUT2D eigenvalue weighted by molar-refractivity contribution is -0.122. The number of phenolic OH excluding ortho intramolecular Hbond substituents is 2. The Hall–Kier alpha value is -3.61. The van der Waals surface area contributed by atoms with Crippen LogP contribution in [0.25, 0.3) is 6.08 Å². The smallest absolute Gasteiger partial charge is 0.335 e. The molecule has 1 heterocycles. The van der Waals surface area contributed by atoms with Gasteiger partial charge in [0.2, 0.25) is 0 Å². The number of barbiturate groups is 1. The number of hydrogen-bond acceptors (Lipinski definition) is 5. The summed E-state index contributed by atoms with van der Waals surface area (Å²) in [5.74, 6) is -2.11. The van der Waals surface area contributed by atoms with E-state index in [0.717, 1.165) is 16.5 Å². The van der Waals surface area contributed by atoms with Crippen molar-refractivity contribution in [2.24, 2.45) is 0 Å². The fourth-order valence-corrected chi connectivity index (χ4v) is 2.40. The van der Waals surface area contributed by atoms with Crippen molar-refractivity contribution in [1.82, 2.24) is 5.32 Å². The van der Waals surface area contributed by atoms with E-state index in [1.54, 1.807) is 24.3 Å². The van der Waals surface area contributed by atoms with E-state index in [1.807, 2.05) is 6.92 Å². The van der Waals surface area contributed by atoms with Gasteiger partial charge in [-0.3, -0.25) is 14.9 Å². The van der Waals surface area contributed by atoms with Crippen LogP contribution < -0.4 is 10.2 Å². The molecule has 4 amide bonds. The first-order valence-electron chi connectivity index (χ1n) is 7.37. The Morgan fingerprint density at radius 2 is 1.68 bits per heavy atom. The van der Waals surface area contributed by atoms with Gasteiger partial charge >= 0.3 is 6.03 Å². The molecule has 1 aliphatic rings. The maximum atomic E-state index is 12.7. The minimum Gasteiger partial charge on any atom is -0.508 e. The Morgan fingerprint density at radius 3 is 2.32 bits per heavy atom. The molecule has 0 saturated carbocycles. The first-order valence-corrected chi connectivity index (χ1v) is 7.37. The summed E-state index contributed by atoms with van der Waals surface area (Å²) in [4.78, 5) is 37.6. The molecule has 0 atom stereocenters. The van der Waals surface area contributed by atoms with Crippen molar-refractivity contribution in [3.8, 4) is 11.5 Å². The van der Waals surface area contributed by atoms with Crippen LogP contribution in [-0.2, 0) is 9.59 Å². The fraction of sp³-hybridized carbons (Fsp3) is 0.0556. The normalized spacial score (nSPS) is 16.3. The summed E-state index contributed by atoms with van der Waals surface area (Å²) < 4.78 is 0. The molecule has 1 aliphatic heterocycles. The van der Waals surface area contributed by atoms with Crippen LogP contribution in [0.15, 0.2) is 48.0 Å². The highest BCUT2D eigenvalue weighted by Gasteiger charge is 2.36. The van der Waals surface area contributed by atoms with Crippen LogP contribution in [0, 0.1) is 6.92 Å². The summed E-state index contributed by atoms with van der Waals surface area (Å²) in [7, 11) is 0. The first-order chi connectivity index (χ1) is 11.9. The first kappa shape index (κ1) is 16.3. The SMILES string of the molecule is Cc1ccc(N2C(=O)NC(=O)/C(=C/c3ccc(O)cc3O)C2=O)cc1. The Labute approximate surface area is 142 Å². The number of rotatable bonds is 2. The van der Waals surface area contributed by atoms with Crippen LogP contribution in [-0.4, -0.2) is 28.1 Å². The molecular formula is C18H14N2O5. The predicted octanol–water partition coefficient (Wildman–Crippen LogP) is 2.07. The van der Waals surface area contributed by atoms with E-state index in [9.17, 15) is 24.6 Å². The third-order valence-corrected chi connectivity index (χ3v) is 3.71. The zero-order valence-corrected chi connectivity index (χ0v) is 13.2. The number of aromatic hydroxyl groups is 2. The molecule has 0 unspecified atom stereocenters. The highest BCUT2D eigenvalue weighted by Crippen LogP contribution is 2.27. The minimum atomic E-state index is -0.856. The van der Waals surface area contributed by atoms with E-state index in [1.165, 1.54) is 18.2 Å². The number of nitrogens with zero attached hydrogens (tertiary/aromatic N) is 1. The molecule has 2 aromatic carbocycles. The second-order valence-electron chi connectivity index (χ2n) is 5.54. The number of imide groups is 2. The van der Waals surface area contributed by atoms with Crippen molar-refractivity contribution in [2.75, 3.05) is 4.90 Å². The summed E-state index contributed by atoms with van der Waals surface area (Å²) >= 11 is 0. The number of carbonyl (C=O) groups is 3. The van der Waals surface area contributed by atoms with Crippen LogP contribution >= 0.6 is 0 Å². The van der Waals surface area contributed by atoms with Crippen molar-refractivity contribution < 1.29 is 24.6 Å². The number of benzene rings is 2. The van der Waals surface area contributed by atoms with Gasteiger partial charge in [-0.2, -0.15) is 0 Å². The van der Waals surface area contributed by atoms with E-state index in [-0.39, 0.29) is 22.6 Å². The maximum Gasteiger partial charge on any atom is 0.335 e. The van der Waals surface area contributed by atoms with Gasteiger partial charge in [0.25, 0.3) is 11.8 Å². The van der Waals surface area contributed by atoms with Crippen molar-refractivity contribution in [3.63, 3.8) is 0 Å². The summed E-state index contributed by atoms with van der Waals surface area (Å²) in [6.07, 6.45) is 1.17. The number of hydrogen-bond donors (Lipinski definition) is 3. The van der Waals surface area contributed by atoms with Gasteiger partial charge in [0, 0.05) is 11.6 Å². The Morgan fingerprint density at radius 1 is 1.00 bits per heavy atom. The molecule has 7 heteroatoms. The standard InChI is InChI=1S/C18H14N2O5/c1-10-2-5-12(6-3-10)20-17(24)14(16(23)19-18(20)25)8-11-4-7-13(21)9-15(11)22/h2-9,21-22H,1H3,(H,19,23,25)/b14-8-. The van der Waals surface area contributed by atoms with E-state index in [0.29, 0.717) is 5.69 Å². The van der Waals surface area contributed by atoms with E-state index in [2.05, 4.69) is 5.32 Å². The van der Waals surface area contributed by atoms with Crippen LogP contribution in [0.4, 0.5) is 10.5 Å². The van der Waals surface area contributed by atoms with Gasteiger partial charge in [0.15, 0.2) is 0 Å². The summed E-state index contributed by atoms with van der Waals surface area (Å²) in [5, 5.41) is 21.2. The Balaban J connectivity index is 2.03. The fourth-order valence-electron chi connectivity index (χ4n) is 2.40. The molecular weight excluding hydrogens is 324 g/mol. The molecule has 25 heavy (non-hydrogen) atoms. The lowest BCUT2D eigenvalue weighted by atomic mass is 10.1. The average molecular weight is 338 g/mol. The Bertz CT molecular complexity index is 916. The molecule has 7 nitrogen and oxygen atoms in total. The molecule has 0 radical (unpaired) electrons. The summed E-state index contributed by atoms with van der Waals surface area (Å²) in [5.41, 5.74) is 1.13. The van der Waals surface area contributed by atoms with Crippen LogP contribution in [0.1, 0.15) is 11.1 Å². The number of nitrogens with one attached hydrogen (secondary N) is 1. The van der Waals surface area contributed by atoms with Crippen LogP contribution in [0.2, 0.25) is 0 Å². The van der Waals surface area contributed by atoms with Crippen molar-refractivity contribution >= 4 is 29.6 Å². The van der Waals surface area contributed by atoms with Crippen LogP contribution in [0.5, 0.6) is 11.5 Å².